The summed E-state index contributed by atoms with van der Waals surface area (Å²) in [6, 6.07) is 8.07. The summed E-state index contributed by atoms with van der Waals surface area (Å²) >= 11 is 0. The van der Waals surface area contributed by atoms with Crippen LogP contribution in [-0.2, 0) is 9.53 Å². The summed E-state index contributed by atoms with van der Waals surface area (Å²) in [5, 5.41) is 3.06. The third kappa shape index (κ3) is 4.28. The van der Waals surface area contributed by atoms with Gasteiger partial charge in [0.2, 0.25) is 5.91 Å². The Labute approximate surface area is 145 Å². The van der Waals surface area contributed by atoms with Gasteiger partial charge in [0.1, 0.15) is 0 Å². The Hall–Kier alpha value is -1.59. The van der Waals surface area contributed by atoms with E-state index in [0.29, 0.717) is 0 Å². The molecule has 1 atom stereocenters. The predicted octanol–water partition coefficient (Wildman–Crippen LogP) is 2.58. The number of carbonyl (C=O) groups is 1. The summed E-state index contributed by atoms with van der Waals surface area (Å²) in [6.45, 7) is 9.75. The Morgan fingerprint density at radius 2 is 1.75 bits per heavy atom. The number of rotatable bonds is 4. The SMILES string of the molecule is CC1CCN([C@H](C)C(=O)Nc2ccc(N3CCOCC3)cc2)CC1. The Morgan fingerprint density at radius 1 is 1.12 bits per heavy atom. The average Bonchev–Trinajstić information content (AvgIpc) is 2.63. The molecule has 1 N–H and O–H groups in total. The Balaban J connectivity index is 1.54. The van der Waals surface area contributed by atoms with Gasteiger partial charge < -0.3 is 15.0 Å². The van der Waals surface area contributed by atoms with Gasteiger partial charge in [-0.2, -0.15) is 0 Å². The number of hydrogen-bond donors (Lipinski definition) is 1. The van der Waals surface area contributed by atoms with E-state index in [1.54, 1.807) is 0 Å². The molecule has 0 aromatic heterocycles. The van der Waals surface area contributed by atoms with E-state index in [-0.39, 0.29) is 11.9 Å². The minimum atomic E-state index is -0.0728. The summed E-state index contributed by atoms with van der Waals surface area (Å²) in [4.78, 5) is 17.1. The second-order valence-electron chi connectivity index (χ2n) is 7.03. The zero-order valence-corrected chi connectivity index (χ0v) is 14.8. The lowest BCUT2D eigenvalue weighted by Crippen LogP contribution is -2.45. The molecule has 24 heavy (non-hydrogen) atoms. The molecule has 2 aliphatic heterocycles. The quantitative estimate of drug-likeness (QED) is 0.921. The van der Waals surface area contributed by atoms with Gasteiger partial charge in [0.25, 0.3) is 0 Å². The monoisotopic (exact) mass is 331 g/mol. The minimum Gasteiger partial charge on any atom is -0.378 e. The number of amides is 1. The Bertz CT molecular complexity index is 532. The standard InChI is InChI=1S/C19H29N3O2/c1-15-7-9-21(10-8-15)16(2)19(23)20-17-3-5-18(6-4-17)22-11-13-24-14-12-22/h3-6,15-16H,7-14H2,1-2H3,(H,20,23)/t16-/m1/s1. The van der Waals surface area contributed by atoms with Crippen molar-refractivity contribution in [2.75, 3.05) is 49.6 Å². The fraction of sp³-hybridized carbons (Fsp3) is 0.632. The third-order valence-corrected chi connectivity index (χ3v) is 5.26. The largest absolute Gasteiger partial charge is 0.378 e. The van der Waals surface area contributed by atoms with Crippen molar-refractivity contribution in [3.8, 4) is 0 Å². The summed E-state index contributed by atoms with van der Waals surface area (Å²) in [7, 11) is 0. The van der Waals surface area contributed by atoms with E-state index in [1.165, 1.54) is 18.5 Å². The van der Waals surface area contributed by atoms with Gasteiger partial charge in [-0.3, -0.25) is 9.69 Å². The average molecular weight is 331 g/mol. The van der Waals surface area contributed by atoms with Gasteiger partial charge in [-0.25, -0.2) is 0 Å². The summed E-state index contributed by atoms with van der Waals surface area (Å²) in [5.41, 5.74) is 2.06. The normalized spacial score (nSPS) is 21.5. The maximum atomic E-state index is 12.5. The number of carbonyl (C=O) groups excluding carboxylic acids is 1. The molecular weight excluding hydrogens is 302 g/mol. The van der Waals surface area contributed by atoms with E-state index in [4.69, 9.17) is 4.74 Å². The number of hydrogen-bond acceptors (Lipinski definition) is 4. The predicted molar refractivity (Wildman–Crippen MR) is 97.5 cm³/mol. The van der Waals surface area contributed by atoms with Crippen molar-refractivity contribution in [1.82, 2.24) is 4.90 Å². The van der Waals surface area contributed by atoms with Gasteiger partial charge >= 0.3 is 0 Å². The highest BCUT2D eigenvalue weighted by Gasteiger charge is 2.25. The fourth-order valence-electron chi connectivity index (χ4n) is 3.41. The van der Waals surface area contributed by atoms with Crippen molar-refractivity contribution in [1.29, 1.82) is 0 Å². The highest BCUT2D eigenvalue weighted by molar-refractivity contribution is 5.94. The molecule has 2 saturated heterocycles. The van der Waals surface area contributed by atoms with Gasteiger partial charge in [-0.1, -0.05) is 6.92 Å². The van der Waals surface area contributed by atoms with Gasteiger partial charge in [-0.15, -0.1) is 0 Å². The maximum absolute atomic E-state index is 12.5. The molecule has 2 heterocycles. The number of anilines is 2. The van der Waals surface area contributed by atoms with Crippen LogP contribution >= 0.6 is 0 Å². The Kier molecular flexibility index (Phi) is 5.74. The van der Waals surface area contributed by atoms with E-state index < -0.39 is 0 Å². The number of nitrogens with one attached hydrogen (secondary N) is 1. The van der Waals surface area contributed by atoms with Crippen LogP contribution in [0.3, 0.4) is 0 Å². The van der Waals surface area contributed by atoms with Crippen LogP contribution in [0.5, 0.6) is 0 Å². The highest BCUT2D eigenvalue weighted by Crippen LogP contribution is 2.21. The molecule has 0 bridgehead atoms. The highest BCUT2D eigenvalue weighted by atomic mass is 16.5. The van der Waals surface area contributed by atoms with Crippen LogP contribution in [0.15, 0.2) is 24.3 Å². The first-order valence-corrected chi connectivity index (χ1v) is 9.11. The second-order valence-corrected chi connectivity index (χ2v) is 7.03. The van der Waals surface area contributed by atoms with Crippen LogP contribution in [0.1, 0.15) is 26.7 Å². The van der Waals surface area contributed by atoms with E-state index in [9.17, 15) is 4.79 Å². The van der Waals surface area contributed by atoms with Crippen LogP contribution in [0, 0.1) is 5.92 Å². The third-order valence-electron chi connectivity index (χ3n) is 5.26. The van der Waals surface area contributed by atoms with Crippen LogP contribution in [0.25, 0.3) is 0 Å². The van der Waals surface area contributed by atoms with Crippen molar-refractivity contribution in [3.63, 3.8) is 0 Å². The van der Waals surface area contributed by atoms with E-state index in [2.05, 4.69) is 34.2 Å². The summed E-state index contributed by atoms with van der Waals surface area (Å²) in [5.74, 6) is 0.868. The molecule has 1 amide bonds. The molecule has 0 saturated carbocycles. The number of likely N-dealkylation sites (tertiary alicyclic amines) is 1. The van der Waals surface area contributed by atoms with Gasteiger partial charge in [0.15, 0.2) is 0 Å². The molecule has 0 unspecified atom stereocenters. The number of morpholine rings is 1. The zero-order chi connectivity index (χ0) is 16.9. The fourth-order valence-corrected chi connectivity index (χ4v) is 3.41. The van der Waals surface area contributed by atoms with Crippen LogP contribution in [0.4, 0.5) is 11.4 Å². The van der Waals surface area contributed by atoms with Crippen molar-refractivity contribution in [3.05, 3.63) is 24.3 Å². The first-order valence-electron chi connectivity index (χ1n) is 9.11. The summed E-state index contributed by atoms with van der Waals surface area (Å²) in [6.07, 6.45) is 2.37. The maximum Gasteiger partial charge on any atom is 0.241 e. The molecule has 0 aliphatic carbocycles. The van der Waals surface area contributed by atoms with Crippen molar-refractivity contribution < 1.29 is 9.53 Å². The van der Waals surface area contributed by atoms with E-state index >= 15 is 0 Å². The molecule has 3 rings (SSSR count). The number of ether oxygens (including phenoxy) is 1. The first-order chi connectivity index (χ1) is 11.6. The molecule has 5 heteroatoms. The molecule has 0 radical (unpaired) electrons. The van der Waals surface area contributed by atoms with Gasteiger partial charge in [0, 0.05) is 24.5 Å². The van der Waals surface area contributed by atoms with Crippen molar-refractivity contribution in [2.45, 2.75) is 32.7 Å². The lowest BCUT2D eigenvalue weighted by atomic mass is 9.98. The first kappa shape index (κ1) is 17.2. The van der Waals surface area contributed by atoms with Gasteiger partial charge in [0.05, 0.1) is 19.3 Å². The molecule has 1 aromatic carbocycles. The van der Waals surface area contributed by atoms with Crippen molar-refractivity contribution >= 4 is 17.3 Å². The number of nitrogens with zero attached hydrogens (tertiary/aromatic N) is 2. The van der Waals surface area contributed by atoms with Crippen LogP contribution in [0.2, 0.25) is 0 Å². The lowest BCUT2D eigenvalue weighted by molar-refractivity contribution is -0.121. The topological polar surface area (TPSA) is 44.8 Å². The molecule has 2 aliphatic rings. The smallest absolute Gasteiger partial charge is 0.241 e. The van der Waals surface area contributed by atoms with E-state index in [0.717, 1.165) is 51.0 Å². The lowest BCUT2D eigenvalue weighted by Gasteiger charge is -2.34. The zero-order valence-electron chi connectivity index (χ0n) is 14.8. The van der Waals surface area contributed by atoms with E-state index in [1.807, 2.05) is 19.1 Å². The number of piperidine rings is 1. The Morgan fingerprint density at radius 3 is 2.38 bits per heavy atom. The molecule has 0 spiro atoms. The van der Waals surface area contributed by atoms with Crippen molar-refractivity contribution in [2.24, 2.45) is 5.92 Å². The minimum absolute atomic E-state index is 0.0728. The second kappa shape index (κ2) is 7.99. The molecule has 132 valence electrons. The number of benzene rings is 1. The van der Waals surface area contributed by atoms with Crippen LogP contribution < -0.4 is 10.2 Å². The summed E-state index contributed by atoms with van der Waals surface area (Å²) < 4.78 is 5.38. The van der Waals surface area contributed by atoms with Gasteiger partial charge in [-0.05, 0) is 63.0 Å². The molecule has 2 fully saturated rings. The molecule has 5 nitrogen and oxygen atoms in total. The molecule has 1 aromatic rings. The van der Waals surface area contributed by atoms with Crippen LogP contribution in [-0.4, -0.2) is 56.2 Å². The molecular formula is C19H29N3O2.